The number of ether oxygens (including phenoxy) is 1. The van der Waals surface area contributed by atoms with Gasteiger partial charge in [-0.05, 0) is 38.1 Å². The number of hydrogen-bond donors (Lipinski definition) is 0. The fourth-order valence-corrected chi connectivity index (χ4v) is 3.98. The van der Waals surface area contributed by atoms with E-state index in [-0.39, 0.29) is 11.9 Å². The van der Waals surface area contributed by atoms with Crippen LogP contribution in [0.3, 0.4) is 0 Å². The lowest BCUT2D eigenvalue weighted by Gasteiger charge is -2.26. The van der Waals surface area contributed by atoms with Gasteiger partial charge < -0.3 is 14.2 Å². The minimum Gasteiger partial charge on any atom is -0.383 e. The van der Waals surface area contributed by atoms with Gasteiger partial charge in [0.25, 0.3) is 0 Å². The van der Waals surface area contributed by atoms with E-state index in [1.54, 1.807) is 7.11 Å². The van der Waals surface area contributed by atoms with Gasteiger partial charge in [-0.2, -0.15) is 0 Å². The number of imidazole rings is 1. The highest BCUT2D eigenvalue weighted by Crippen LogP contribution is 2.25. The maximum absolute atomic E-state index is 12.9. The van der Waals surface area contributed by atoms with Crippen molar-refractivity contribution in [1.82, 2.24) is 9.55 Å². The summed E-state index contributed by atoms with van der Waals surface area (Å²) in [6.45, 7) is 5.37. The zero-order valence-electron chi connectivity index (χ0n) is 16.0. The van der Waals surface area contributed by atoms with Crippen LogP contribution >= 0.6 is 11.8 Å². The highest BCUT2D eigenvalue weighted by molar-refractivity contribution is 7.99. The second-order valence-corrected chi connectivity index (χ2v) is 7.45. The Labute approximate surface area is 164 Å². The second-order valence-electron chi connectivity index (χ2n) is 6.51. The first-order valence-electron chi connectivity index (χ1n) is 9.06. The van der Waals surface area contributed by atoms with Gasteiger partial charge in [-0.15, -0.1) is 0 Å². The average Bonchev–Trinajstić information content (AvgIpc) is 3.03. The van der Waals surface area contributed by atoms with Crippen LogP contribution < -0.4 is 4.90 Å². The van der Waals surface area contributed by atoms with Crippen molar-refractivity contribution in [2.24, 2.45) is 0 Å². The second kappa shape index (κ2) is 9.06. The summed E-state index contributed by atoms with van der Waals surface area (Å²) >= 11 is 1.48. The van der Waals surface area contributed by atoms with Gasteiger partial charge in [0.2, 0.25) is 5.91 Å². The third kappa shape index (κ3) is 4.51. The number of rotatable bonds is 8. The maximum atomic E-state index is 12.9. The standard InChI is InChI=1S/C21H25N3O2S/c1-16(2)24(17-9-5-4-6-10-17)20(25)15-27-21-22-18-11-7-8-12-19(18)23(21)13-14-26-3/h4-12,16H,13-15H2,1-3H3. The van der Waals surface area contributed by atoms with Gasteiger partial charge in [-0.25, -0.2) is 4.98 Å². The van der Waals surface area contributed by atoms with Gasteiger partial charge in [0, 0.05) is 25.4 Å². The number of anilines is 1. The number of fused-ring (bicyclic) bond motifs is 1. The van der Waals surface area contributed by atoms with Gasteiger partial charge >= 0.3 is 0 Å². The van der Waals surface area contributed by atoms with E-state index in [9.17, 15) is 4.79 Å². The molecule has 0 saturated heterocycles. The number of carbonyl (C=O) groups is 1. The summed E-state index contributed by atoms with van der Waals surface area (Å²) in [6, 6.07) is 17.9. The molecule has 0 atom stereocenters. The number of benzene rings is 2. The quantitative estimate of drug-likeness (QED) is 0.547. The molecule has 1 amide bonds. The minimum atomic E-state index is 0.0755. The highest BCUT2D eigenvalue weighted by atomic mass is 32.2. The smallest absolute Gasteiger partial charge is 0.237 e. The van der Waals surface area contributed by atoms with E-state index in [0.29, 0.717) is 18.9 Å². The number of amides is 1. The van der Waals surface area contributed by atoms with E-state index >= 15 is 0 Å². The zero-order chi connectivity index (χ0) is 19.2. The third-order valence-corrected chi connectivity index (χ3v) is 5.24. The van der Waals surface area contributed by atoms with Gasteiger partial charge in [0.15, 0.2) is 5.16 Å². The summed E-state index contributed by atoms with van der Waals surface area (Å²) in [4.78, 5) is 19.5. The predicted molar refractivity (Wildman–Crippen MR) is 111 cm³/mol. The van der Waals surface area contributed by atoms with E-state index < -0.39 is 0 Å². The van der Waals surface area contributed by atoms with Gasteiger partial charge in [0.05, 0.1) is 23.4 Å². The van der Waals surface area contributed by atoms with Crippen molar-refractivity contribution >= 4 is 34.4 Å². The Morgan fingerprint density at radius 2 is 1.85 bits per heavy atom. The molecular weight excluding hydrogens is 358 g/mol. The Bertz CT molecular complexity index is 893. The van der Waals surface area contributed by atoms with Crippen LogP contribution in [0.5, 0.6) is 0 Å². The zero-order valence-corrected chi connectivity index (χ0v) is 16.8. The van der Waals surface area contributed by atoms with Crippen molar-refractivity contribution in [2.75, 3.05) is 24.4 Å². The molecule has 3 rings (SSSR count). The maximum Gasteiger partial charge on any atom is 0.237 e. The van der Waals surface area contributed by atoms with Crippen LogP contribution in [-0.4, -0.2) is 41.0 Å². The van der Waals surface area contributed by atoms with E-state index in [0.717, 1.165) is 21.9 Å². The minimum absolute atomic E-state index is 0.0755. The van der Waals surface area contributed by atoms with E-state index in [1.165, 1.54) is 11.8 Å². The van der Waals surface area contributed by atoms with Crippen LogP contribution in [-0.2, 0) is 16.1 Å². The molecule has 0 fully saturated rings. The van der Waals surface area contributed by atoms with Crippen molar-refractivity contribution in [3.05, 3.63) is 54.6 Å². The molecule has 0 aliphatic carbocycles. The molecule has 1 heterocycles. The summed E-state index contributed by atoms with van der Waals surface area (Å²) in [6.07, 6.45) is 0. The Morgan fingerprint density at radius 3 is 2.56 bits per heavy atom. The average molecular weight is 384 g/mol. The van der Waals surface area contributed by atoms with Gasteiger partial charge in [0.1, 0.15) is 0 Å². The number of aromatic nitrogens is 2. The summed E-state index contributed by atoms with van der Waals surface area (Å²) in [5, 5.41) is 0.846. The van der Waals surface area contributed by atoms with Crippen LogP contribution in [0.1, 0.15) is 13.8 Å². The molecule has 0 aliphatic heterocycles. The van der Waals surface area contributed by atoms with Crippen LogP contribution in [0.2, 0.25) is 0 Å². The normalized spacial score (nSPS) is 11.3. The summed E-state index contributed by atoms with van der Waals surface area (Å²) in [7, 11) is 1.69. The van der Waals surface area contributed by atoms with Crippen LogP contribution in [0.15, 0.2) is 59.8 Å². The lowest BCUT2D eigenvalue weighted by atomic mass is 10.2. The number of thioether (sulfide) groups is 1. The highest BCUT2D eigenvalue weighted by Gasteiger charge is 2.20. The SMILES string of the molecule is COCCn1c(SCC(=O)N(c2ccccc2)C(C)C)nc2ccccc21. The summed E-state index contributed by atoms with van der Waals surface area (Å²) < 4.78 is 7.36. The number of nitrogens with zero attached hydrogens (tertiary/aromatic N) is 3. The van der Waals surface area contributed by atoms with Gasteiger partial charge in [-0.3, -0.25) is 4.79 Å². The largest absolute Gasteiger partial charge is 0.383 e. The molecular formula is C21H25N3O2S. The Hall–Kier alpha value is -2.31. The molecule has 5 nitrogen and oxygen atoms in total. The molecule has 2 aromatic carbocycles. The lowest BCUT2D eigenvalue weighted by Crippen LogP contribution is -2.38. The first-order valence-corrected chi connectivity index (χ1v) is 10.0. The monoisotopic (exact) mass is 383 g/mol. The number of para-hydroxylation sites is 3. The van der Waals surface area contributed by atoms with Crippen LogP contribution in [0, 0.1) is 0 Å². The third-order valence-electron chi connectivity index (χ3n) is 4.28. The molecule has 27 heavy (non-hydrogen) atoms. The van der Waals surface area contributed by atoms with Gasteiger partial charge in [-0.1, -0.05) is 42.1 Å². The fourth-order valence-electron chi connectivity index (χ4n) is 3.08. The molecule has 0 radical (unpaired) electrons. The molecule has 0 N–H and O–H groups in total. The number of hydrogen-bond acceptors (Lipinski definition) is 4. The Morgan fingerprint density at radius 1 is 1.15 bits per heavy atom. The molecule has 3 aromatic rings. The molecule has 6 heteroatoms. The lowest BCUT2D eigenvalue weighted by molar-refractivity contribution is -0.116. The molecule has 0 saturated carbocycles. The van der Waals surface area contributed by atoms with E-state index in [2.05, 4.69) is 4.57 Å². The Balaban J connectivity index is 1.80. The summed E-state index contributed by atoms with van der Waals surface area (Å²) in [5.74, 6) is 0.412. The topological polar surface area (TPSA) is 47.4 Å². The first-order chi connectivity index (χ1) is 13.1. The number of methoxy groups -OCH3 is 1. The molecule has 142 valence electrons. The predicted octanol–water partition coefficient (Wildman–Crippen LogP) is 4.22. The Kier molecular flexibility index (Phi) is 6.53. The van der Waals surface area contributed by atoms with Crippen molar-refractivity contribution in [1.29, 1.82) is 0 Å². The van der Waals surface area contributed by atoms with Crippen LogP contribution in [0.4, 0.5) is 5.69 Å². The van der Waals surface area contributed by atoms with E-state index in [1.807, 2.05) is 73.3 Å². The fraction of sp³-hybridized carbons (Fsp3) is 0.333. The molecule has 0 bridgehead atoms. The van der Waals surface area contributed by atoms with Crippen molar-refractivity contribution < 1.29 is 9.53 Å². The van der Waals surface area contributed by atoms with Crippen LogP contribution in [0.25, 0.3) is 11.0 Å². The molecule has 1 aromatic heterocycles. The van der Waals surface area contributed by atoms with E-state index in [4.69, 9.17) is 9.72 Å². The van der Waals surface area contributed by atoms with Crippen molar-refractivity contribution in [3.8, 4) is 0 Å². The molecule has 0 unspecified atom stereocenters. The van der Waals surface area contributed by atoms with Crippen molar-refractivity contribution in [2.45, 2.75) is 31.6 Å². The molecule has 0 aliphatic rings. The van der Waals surface area contributed by atoms with Crippen molar-refractivity contribution in [3.63, 3.8) is 0 Å². The number of carbonyl (C=O) groups excluding carboxylic acids is 1. The molecule has 0 spiro atoms. The summed E-state index contributed by atoms with van der Waals surface area (Å²) in [5.41, 5.74) is 2.92. The first kappa shape index (κ1) is 19.5.